The van der Waals surface area contributed by atoms with Gasteiger partial charge in [0.1, 0.15) is 11.8 Å². The van der Waals surface area contributed by atoms with Gasteiger partial charge in [0.15, 0.2) is 0 Å². The van der Waals surface area contributed by atoms with Crippen molar-refractivity contribution in [2.75, 3.05) is 18.9 Å². The van der Waals surface area contributed by atoms with Crippen LogP contribution in [0.4, 0.5) is 5.69 Å². The van der Waals surface area contributed by atoms with Crippen LogP contribution in [0, 0.1) is 12.8 Å². The van der Waals surface area contributed by atoms with Crippen LogP contribution in [-0.4, -0.2) is 51.5 Å². The number of ether oxygens (including phenoxy) is 2. The van der Waals surface area contributed by atoms with E-state index in [-0.39, 0.29) is 28.3 Å². The van der Waals surface area contributed by atoms with Gasteiger partial charge in [0.25, 0.3) is 15.9 Å². The molecule has 0 bridgehead atoms. The van der Waals surface area contributed by atoms with Crippen LogP contribution >= 0.6 is 0 Å². The van der Waals surface area contributed by atoms with Crippen molar-refractivity contribution in [3.8, 4) is 5.75 Å². The van der Waals surface area contributed by atoms with E-state index in [9.17, 15) is 18.0 Å². The predicted molar refractivity (Wildman–Crippen MR) is 127 cm³/mol. The molecule has 182 valence electrons. The van der Waals surface area contributed by atoms with Gasteiger partial charge in [0.2, 0.25) is 0 Å². The fraction of sp³-hybridized carbons (Fsp3) is 0.440. The third kappa shape index (κ3) is 4.61. The van der Waals surface area contributed by atoms with Crippen molar-refractivity contribution in [1.82, 2.24) is 4.90 Å². The van der Waals surface area contributed by atoms with Gasteiger partial charge >= 0.3 is 5.97 Å². The van der Waals surface area contributed by atoms with Gasteiger partial charge < -0.3 is 14.4 Å². The Morgan fingerprint density at radius 3 is 2.41 bits per heavy atom. The Labute approximate surface area is 200 Å². The summed E-state index contributed by atoms with van der Waals surface area (Å²) >= 11 is 0. The second kappa shape index (κ2) is 9.66. The Bertz CT molecular complexity index is 1180. The highest BCUT2D eigenvalue weighted by Gasteiger charge is 2.48. The minimum atomic E-state index is -3.94. The lowest BCUT2D eigenvalue weighted by Crippen LogP contribution is -2.46. The second-order valence-corrected chi connectivity index (χ2v) is 10.6. The van der Waals surface area contributed by atoms with Crippen molar-refractivity contribution in [3.63, 3.8) is 0 Å². The number of methoxy groups -OCH3 is 2. The molecule has 1 amide bonds. The summed E-state index contributed by atoms with van der Waals surface area (Å²) in [7, 11) is -1.08. The summed E-state index contributed by atoms with van der Waals surface area (Å²) in [6.07, 6.45) is 4.47. The Balaban J connectivity index is 1.65. The average Bonchev–Trinajstić information content (AvgIpc) is 3.23. The molecule has 3 atom stereocenters. The number of aryl methyl sites for hydroxylation is 1. The maximum absolute atomic E-state index is 13.8. The SMILES string of the molecule is COC(=O)C1CC2CCCCC2N1C(=O)c1cc(S(=O)(=O)Nc2ccc(OC)cc2)ccc1C. The first-order valence-electron chi connectivity index (χ1n) is 11.4. The van der Waals surface area contributed by atoms with E-state index in [2.05, 4.69) is 4.72 Å². The molecule has 0 spiro atoms. The third-order valence-electron chi connectivity index (χ3n) is 6.89. The predicted octanol–water partition coefficient (Wildman–Crippen LogP) is 3.75. The standard InChI is InChI=1S/C25H30N2O6S/c1-16-8-13-20(34(30,31)26-18-9-11-19(32-2)12-10-18)15-21(16)24(28)27-22-7-5-4-6-17(22)14-23(27)25(29)33-3/h8-13,15,17,22-23,26H,4-7,14H2,1-3H3. The maximum atomic E-state index is 13.8. The molecule has 1 saturated heterocycles. The van der Waals surface area contributed by atoms with Gasteiger partial charge in [-0.15, -0.1) is 0 Å². The summed E-state index contributed by atoms with van der Waals surface area (Å²) in [4.78, 5) is 27.9. The van der Waals surface area contributed by atoms with Crippen LogP contribution < -0.4 is 9.46 Å². The number of anilines is 1. The van der Waals surface area contributed by atoms with Crippen LogP contribution in [0.3, 0.4) is 0 Å². The number of fused-ring (bicyclic) bond motifs is 1. The molecule has 8 nitrogen and oxygen atoms in total. The molecular formula is C25H30N2O6S. The van der Waals surface area contributed by atoms with Crippen molar-refractivity contribution < 1.29 is 27.5 Å². The van der Waals surface area contributed by atoms with Gasteiger partial charge in [-0.2, -0.15) is 0 Å². The molecule has 1 aliphatic carbocycles. The van der Waals surface area contributed by atoms with Crippen LogP contribution in [0.2, 0.25) is 0 Å². The molecule has 1 N–H and O–H groups in total. The molecule has 2 fully saturated rings. The summed E-state index contributed by atoms with van der Waals surface area (Å²) in [5.74, 6) is 0.109. The molecule has 0 radical (unpaired) electrons. The van der Waals surface area contributed by atoms with E-state index in [1.807, 2.05) is 0 Å². The average molecular weight is 487 g/mol. The molecule has 3 unspecified atom stereocenters. The third-order valence-corrected chi connectivity index (χ3v) is 8.27. The zero-order chi connectivity index (χ0) is 24.5. The largest absolute Gasteiger partial charge is 0.497 e. The number of sulfonamides is 1. The normalized spacial score (nSPS) is 22.1. The molecule has 1 heterocycles. The summed E-state index contributed by atoms with van der Waals surface area (Å²) in [5.41, 5.74) is 1.30. The molecule has 2 aliphatic rings. The first kappa shape index (κ1) is 24.1. The Morgan fingerprint density at radius 1 is 1.03 bits per heavy atom. The van der Waals surface area contributed by atoms with Gasteiger partial charge in [-0.3, -0.25) is 9.52 Å². The molecule has 0 aromatic heterocycles. The molecule has 2 aromatic carbocycles. The van der Waals surface area contributed by atoms with Crippen LogP contribution in [0.25, 0.3) is 0 Å². The lowest BCUT2D eigenvalue weighted by molar-refractivity contribution is -0.145. The van der Waals surface area contributed by atoms with E-state index in [0.717, 1.165) is 25.7 Å². The van der Waals surface area contributed by atoms with Gasteiger partial charge in [-0.25, -0.2) is 13.2 Å². The van der Waals surface area contributed by atoms with Gasteiger partial charge in [0, 0.05) is 17.3 Å². The van der Waals surface area contributed by atoms with Crippen molar-refractivity contribution in [2.45, 2.75) is 56.0 Å². The number of carbonyl (C=O) groups excluding carboxylic acids is 2. The highest BCUT2D eigenvalue weighted by atomic mass is 32.2. The Kier molecular flexibility index (Phi) is 6.84. The molecule has 4 rings (SSSR count). The number of hydrogen-bond acceptors (Lipinski definition) is 6. The Morgan fingerprint density at radius 2 is 1.74 bits per heavy atom. The summed E-state index contributed by atoms with van der Waals surface area (Å²) in [5, 5.41) is 0. The first-order chi connectivity index (χ1) is 16.2. The minimum Gasteiger partial charge on any atom is -0.497 e. The number of benzene rings is 2. The van der Waals surface area contributed by atoms with Gasteiger partial charge in [-0.1, -0.05) is 18.9 Å². The fourth-order valence-corrected chi connectivity index (χ4v) is 6.19. The van der Waals surface area contributed by atoms with Crippen LogP contribution in [0.1, 0.15) is 48.0 Å². The number of rotatable bonds is 6. The van der Waals surface area contributed by atoms with Crippen molar-refractivity contribution in [1.29, 1.82) is 0 Å². The molecular weight excluding hydrogens is 456 g/mol. The quantitative estimate of drug-likeness (QED) is 0.624. The van der Waals surface area contributed by atoms with Crippen molar-refractivity contribution in [3.05, 3.63) is 53.6 Å². The lowest BCUT2D eigenvalue weighted by Gasteiger charge is -2.33. The maximum Gasteiger partial charge on any atom is 0.328 e. The molecule has 2 aromatic rings. The molecule has 1 aliphatic heterocycles. The van der Waals surface area contributed by atoms with E-state index in [1.165, 1.54) is 26.4 Å². The van der Waals surface area contributed by atoms with Crippen molar-refractivity contribution in [2.24, 2.45) is 5.92 Å². The summed E-state index contributed by atoms with van der Waals surface area (Å²) in [6, 6.07) is 10.3. The second-order valence-electron chi connectivity index (χ2n) is 8.91. The number of nitrogens with one attached hydrogen (secondary N) is 1. The highest BCUT2D eigenvalue weighted by molar-refractivity contribution is 7.92. The molecule has 9 heteroatoms. The number of amides is 1. The minimum absolute atomic E-state index is 0.0220. The van der Waals surface area contributed by atoms with Gasteiger partial charge in [0.05, 0.1) is 19.1 Å². The topological polar surface area (TPSA) is 102 Å². The number of esters is 1. The summed E-state index contributed by atoms with van der Waals surface area (Å²) in [6.45, 7) is 1.77. The van der Waals surface area contributed by atoms with E-state index in [4.69, 9.17) is 9.47 Å². The van der Waals surface area contributed by atoms with E-state index in [1.54, 1.807) is 42.2 Å². The lowest BCUT2D eigenvalue weighted by atomic mass is 9.84. The summed E-state index contributed by atoms with van der Waals surface area (Å²) < 4.78 is 38.8. The number of nitrogens with zero attached hydrogens (tertiary/aromatic N) is 1. The van der Waals surface area contributed by atoms with E-state index < -0.39 is 22.0 Å². The first-order valence-corrected chi connectivity index (χ1v) is 12.9. The highest BCUT2D eigenvalue weighted by Crippen LogP contribution is 2.41. The smallest absolute Gasteiger partial charge is 0.328 e. The zero-order valence-corrected chi connectivity index (χ0v) is 20.4. The van der Waals surface area contributed by atoms with Crippen molar-refractivity contribution >= 4 is 27.6 Å². The van der Waals surface area contributed by atoms with Gasteiger partial charge in [-0.05, 0) is 74.1 Å². The monoisotopic (exact) mass is 486 g/mol. The van der Waals surface area contributed by atoms with Crippen LogP contribution in [-0.2, 0) is 19.6 Å². The van der Waals surface area contributed by atoms with Crippen LogP contribution in [0.15, 0.2) is 47.4 Å². The Hall–Kier alpha value is -3.07. The number of carbonyl (C=O) groups is 2. The van der Waals surface area contributed by atoms with Crippen LogP contribution in [0.5, 0.6) is 5.75 Å². The fourth-order valence-electron chi connectivity index (χ4n) is 5.11. The molecule has 34 heavy (non-hydrogen) atoms. The number of likely N-dealkylation sites (tertiary alicyclic amines) is 1. The van der Waals surface area contributed by atoms with E-state index in [0.29, 0.717) is 23.4 Å². The zero-order valence-electron chi connectivity index (χ0n) is 19.6. The number of hydrogen-bond donors (Lipinski definition) is 1. The molecule has 1 saturated carbocycles. The van der Waals surface area contributed by atoms with E-state index >= 15 is 0 Å².